The molecule has 1 fully saturated rings. The number of hydrogen-bond acceptors (Lipinski definition) is 4. The molecule has 0 amide bonds. The molecule has 5 nitrogen and oxygen atoms in total. The third-order valence-corrected chi connectivity index (χ3v) is 4.23. The lowest BCUT2D eigenvalue weighted by Crippen LogP contribution is -2.20. The van der Waals surface area contributed by atoms with Crippen molar-refractivity contribution >= 4 is 10.0 Å². The quantitative estimate of drug-likeness (QED) is 0.849. The van der Waals surface area contributed by atoms with Crippen LogP contribution >= 0.6 is 0 Å². The Morgan fingerprint density at radius 3 is 2.78 bits per heavy atom. The van der Waals surface area contributed by atoms with Crippen molar-refractivity contribution in [3.8, 4) is 0 Å². The molecule has 0 aliphatic heterocycles. The number of nitrogens with one attached hydrogen (secondary N) is 1. The monoisotopic (exact) mass is 272 g/mol. The lowest BCUT2D eigenvalue weighted by Gasteiger charge is -2.09. The lowest BCUT2D eigenvalue weighted by molar-refractivity contribution is 0.389. The molecule has 2 atom stereocenters. The third kappa shape index (κ3) is 3.57. The average molecular weight is 272 g/mol. The summed E-state index contributed by atoms with van der Waals surface area (Å²) in [5, 5.41) is 8.10. The van der Waals surface area contributed by atoms with Gasteiger partial charge in [-0.15, -0.1) is 0 Å². The van der Waals surface area contributed by atoms with Gasteiger partial charge in [0.2, 0.25) is 5.09 Å². The summed E-state index contributed by atoms with van der Waals surface area (Å²) in [5.41, 5.74) is 0. The molecule has 1 aliphatic carbocycles. The third-order valence-electron chi connectivity index (χ3n) is 3.45. The van der Waals surface area contributed by atoms with Gasteiger partial charge in [0.1, 0.15) is 5.76 Å². The van der Waals surface area contributed by atoms with Crippen molar-refractivity contribution in [2.24, 2.45) is 17.0 Å². The lowest BCUT2D eigenvalue weighted by atomic mass is 10.1. The van der Waals surface area contributed by atoms with Crippen molar-refractivity contribution in [3.05, 3.63) is 17.9 Å². The van der Waals surface area contributed by atoms with E-state index in [1.807, 2.05) is 0 Å². The maximum absolute atomic E-state index is 11.0. The Hall–Kier alpha value is -0.850. The summed E-state index contributed by atoms with van der Waals surface area (Å²) in [6.45, 7) is 3.78. The van der Waals surface area contributed by atoms with Crippen LogP contribution in [0.25, 0.3) is 0 Å². The molecule has 1 aromatic heterocycles. The van der Waals surface area contributed by atoms with E-state index in [1.165, 1.54) is 25.3 Å². The Labute approximate surface area is 108 Å². The van der Waals surface area contributed by atoms with Crippen LogP contribution in [0.3, 0.4) is 0 Å². The van der Waals surface area contributed by atoms with Gasteiger partial charge in [0.25, 0.3) is 10.0 Å². The van der Waals surface area contributed by atoms with Crippen LogP contribution in [-0.2, 0) is 16.6 Å². The van der Waals surface area contributed by atoms with Crippen molar-refractivity contribution < 1.29 is 12.8 Å². The van der Waals surface area contributed by atoms with E-state index in [0.717, 1.165) is 18.4 Å². The summed E-state index contributed by atoms with van der Waals surface area (Å²) in [6.07, 6.45) is 3.85. The van der Waals surface area contributed by atoms with Crippen LogP contribution in [0.1, 0.15) is 31.9 Å². The number of sulfonamides is 1. The topological polar surface area (TPSA) is 85.3 Å². The Kier molecular flexibility index (Phi) is 4.09. The summed E-state index contributed by atoms with van der Waals surface area (Å²) in [4.78, 5) is 0. The molecule has 3 N–H and O–H groups in total. The SMILES string of the molecule is CC1CCC(CNCc2ccc(S(N)(=O)=O)o2)C1. The van der Waals surface area contributed by atoms with E-state index < -0.39 is 10.0 Å². The highest BCUT2D eigenvalue weighted by Crippen LogP contribution is 2.29. The fourth-order valence-electron chi connectivity index (χ4n) is 2.52. The molecular weight excluding hydrogens is 252 g/mol. The molecule has 0 radical (unpaired) electrons. The minimum atomic E-state index is -3.72. The van der Waals surface area contributed by atoms with Gasteiger partial charge in [-0.25, -0.2) is 13.6 Å². The summed E-state index contributed by atoms with van der Waals surface area (Å²) < 4.78 is 27.2. The molecule has 102 valence electrons. The molecule has 2 rings (SSSR count). The van der Waals surface area contributed by atoms with Crippen molar-refractivity contribution in [3.63, 3.8) is 0 Å². The molecule has 0 bridgehead atoms. The van der Waals surface area contributed by atoms with E-state index in [4.69, 9.17) is 9.56 Å². The van der Waals surface area contributed by atoms with Crippen LogP contribution in [0.4, 0.5) is 0 Å². The molecule has 0 spiro atoms. The van der Waals surface area contributed by atoms with E-state index in [0.29, 0.717) is 12.3 Å². The number of nitrogens with two attached hydrogens (primary N) is 1. The van der Waals surface area contributed by atoms with E-state index in [9.17, 15) is 8.42 Å². The van der Waals surface area contributed by atoms with Crippen LogP contribution in [-0.4, -0.2) is 15.0 Å². The molecule has 0 saturated heterocycles. The van der Waals surface area contributed by atoms with Crippen LogP contribution in [0, 0.1) is 11.8 Å². The zero-order valence-electron chi connectivity index (χ0n) is 10.6. The van der Waals surface area contributed by atoms with Gasteiger partial charge in [-0.2, -0.15) is 0 Å². The maximum atomic E-state index is 11.0. The first kappa shape index (κ1) is 13.6. The Balaban J connectivity index is 1.79. The molecule has 1 heterocycles. The van der Waals surface area contributed by atoms with Gasteiger partial charge in [-0.1, -0.05) is 13.3 Å². The highest BCUT2D eigenvalue weighted by molar-refractivity contribution is 7.89. The van der Waals surface area contributed by atoms with E-state index in [-0.39, 0.29) is 5.09 Å². The first-order valence-corrected chi connectivity index (χ1v) is 7.82. The van der Waals surface area contributed by atoms with Crippen molar-refractivity contribution in [1.82, 2.24) is 5.32 Å². The smallest absolute Gasteiger partial charge is 0.271 e. The summed E-state index contributed by atoms with van der Waals surface area (Å²) in [7, 11) is -3.72. The summed E-state index contributed by atoms with van der Waals surface area (Å²) in [5.74, 6) is 2.16. The zero-order valence-corrected chi connectivity index (χ0v) is 11.4. The number of rotatable bonds is 5. The standard InChI is InChI=1S/C12H20N2O3S/c1-9-2-3-10(6-9)7-14-8-11-4-5-12(17-11)18(13,15)16/h4-5,9-10,14H,2-3,6-8H2,1H3,(H2,13,15,16). The normalized spacial score (nSPS) is 24.6. The fraction of sp³-hybridized carbons (Fsp3) is 0.667. The molecule has 1 aliphatic rings. The second kappa shape index (κ2) is 5.42. The van der Waals surface area contributed by atoms with Gasteiger partial charge >= 0.3 is 0 Å². The summed E-state index contributed by atoms with van der Waals surface area (Å²) in [6, 6.07) is 3.04. The second-order valence-corrected chi connectivity index (χ2v) is 6.67. The molecule has 2 unspecified atom stereocenters. The van der Waals surface area contributed by atoms with Gasteiger partial charge in [-0.05, 0) is 43.4 Å². The first-order chi connectivity index (χ1) is 8.45. The van der Waals surface area contributed by atoms with Gasteiger partial charge in [-0.3, -0.25) is 0 Å². The minimum absolute atomic E-state index is 0.172. The molecule has 0 aromatic carbocycles. The number of furan rings is 1. The Morgan fingerprint density at radius 1 is 1.44 bits per heavy atom. The number of hydrogen-bond donors (Lipinski definition) is 2. The highest BCUT2D eigenvalue weighted by atomic mass is 32.2. The van der Waals surface area contributed by atoms with Gasteiger partial charge in [0.15, 0.2) is 0 Å². The van der Waals surface area contributed by atoms with Crippen molar-refractivity contribution in [1.29, 1.82) is 0 Å². The average Bonchev–Trinajstić information content (AvgIpc) is 2.87. The van der Waals surface area contributed by atoms with Gasteiger partial charge in [0.05, 0.1) is 6.54 Å². The van der Waals surface area contributed by atoms with Crippen molar-refractivity contribution in [2.45, 2.75) is 37.8 Å². The molecular formula is C12H20N2O3S. The second-order valence-electron chi connectivity index (χ2n) is 5.18. The zero-order chi connectivity index (χ0) is 13.2. The highest BCUT2D eigenvalue weighted by Gasteiger charge is 2.20. The molecule has 1 aromatic rings. The van der Waals surface area contributed by atoms with E-state index in [2.05, 4.69) is 12.2 Å². The summed E-state index contributed by atoms with van der Waals surface area (Å²) >= 11 is 0. The Morgan fingerprint density at radius 2 is 2.22 bits per heavy atom. The van der Waals surface area contributed by atoms with Gasteiger partial charge in [0, 0.05) is 0 Å². The van der Waals surface area contributed by atoms with Crippen LogP contribution in [0.5, 0.6) is 0 Å². The van der Waals surface area contributed by atoms with Crippen molar-refractivity contribution in [2.75, 3.05) is 6.54 Å². The fourth-order valence-corrected chi connectivity index (χ4v) is 3.00. The maximum Gasteiger partial charge on any atom is 0.271 e. The van der Waals surface area contributed by atoms with Crippen LogP contribution < -0.4 is 10.5 Å². The van der Waals surface area contributed by atoms with Crippen LogP contribution in [0.2, 0.25) is 0 Å². The predicted molar refractivity (Wildman–Crippen MR) is 68.3 cm³/mol. The van der Waals surface area contributed by atoms with Crippen LogP contribution in [0.15, 0.2) is 21.6 Å². The van der Waals surface area contributed by atoms with E-state index >= 15 is 0 Å². The first-order valence-electron chi connectivity index (χ1n) is 6.27. The molecule has 1 saturated carbocycles. The largest absolute Gasteiger partial charge is 0.447 e. The van der Waals surface area contributed by atoms with E-state index in [1.54, 1.807) is 6.07 Å². The molecule has 6 heteroatoms. The Bertz CT molecular complexity index is 495. The van der Waals surface area contributed by atoms with Gasteiger partial charge < -0.3 is 9.73 Å². The predicted octanol–water partition coefficient (Wildman–Crippen LogP) is 1.45. The number of primary sulfonamides is 1. The minimum Gasteiger partial charge on any atom is -0.447 e. The molecule has 18 heavy (non-hydrogen) atoms.